The van der Waals surface area contributed by atoms with Crippen LogP contribution in [-0.4, -0.2) is 38.9 Å². The van der Waals surface area contributed by atoms with Crippen LogP contribution in [-0.2, 0) is 4.74 Å². The van der Waals surface area contributed by atoms with Gasteiger partial charge in [-0.15, -0.1) is 24.0 Å². The Morgan fingerprint density at radius 2 is 2.05 bits per heavy atom. The van der Waals surface area contributed by atoms with E-state index in [1.165, 1.54) is 12.1 Å². The maximum Gasteiger partial charge on any atom is 0.188 e. The van der Waals surface area contributed by atoms with Gasteiger partial charge >= 0.3 is 0 Å². The van der Waals surface area contributed by atoms with Crippen molar-refractivity contribution >= 4 is 29.9 Å². The number of halogens is 2. The lowest BCUT2D eigenvalue weighted by atomic mass is 10.3. The van der Waals surface area contributed by atoms with Crippen molar-refractivity contribution in [3.05, 3.63) is 30.1 Å². The van der Waals surface area contributed by atoms with Crippen molar-refractivity contribution in [1.82, 2.24) is 5.32 Å². The Bertz CT molecular complexity index is 401. The molecule has 1 aromatic carbocycles. The summed E-state index contributed by atoms with van der Waals surface area (Å²) in [6, 6.07) is 5.86. The lowest BCUT2D eigenvalue weighted by molar-refractivity contribution is 0.203. The van der Waals surface area contributed by atoms with Crippen molar-refractivity contribution in [2.24, 2.45) is 10.7 Å². The first-order chi connectivity index (χ1) is 9.11. The number of hydrogen-bond acceptors (Lipinski definition) is 3. The number of hydrogen-bond donors (Lipinski definition) is 2. The summed E-state index contributed by atoms with van der Waals surface area (Å²) in [6.45, 7) is 3.47. The van der Waals surface area contributed by atoms with Crippen LogP contribution in [0.4, 0.5) is 4.39 Å². The minimum absolute atomic E-state index is 0. The Labute approximate surface area is 135 Å². The van der Waals surface area contributed by atoms with Crippen molar-refractivity contribution in [2.75, 3.05) is 26.8 Å². The molecule has 0 bridgehead atoms. The van der Waals surface area contributed by atoms with Crippen molar-refractivity contribution in [2.45, 2.75) is 13.0 Å². The topological polar surface area (TPSA) is 68.9 Å². The van der Waals surface area contributed by atoms with Gasteiger partial charge in [-0.05, 0) is 31.2 Å². The molecule has 20 heavy (non-hydrogen) atoms. The number of benzene rings is 1. The fourth-order valence-electron chi connectivity index (χ4n) is 1.35. The van der Waals surface area contributed by atoms with Gasteiger partial charge in [0.1, 0.15) is 17.7 Å². The van der Waals surface area contributed by atoms with Crippen molar-refractivity contribution in [3.63, 3.8) is 0 Å². The molecule has 1 atom stereocenters. The van der Waals surface area contributed by atoms with E-state index in [1.807, 2.05) is 6.92 Å². The molecule has 1 rings (SSSR count). The zero-order valence-electron chi connectivity index (χ0n) is 11.6. The molecule has 0 saturated heterocycles. The minimum atomic E-state index is -0.287. The third kappa shape index (κ3) is 8.16. The lowest BCUT2D eigenvalue weighted by Gasteiger charge is -2.13. The van der Waals surface area contributed by atoms with E-state index in [0.29, 0.717) is 31.4 Å². The standard InChI is InChI=1S/C13H20FN3O2.HI/c1-10(9-17-13(15)16-7-8-18-2)19-12-5-3-11(14)4-6-12;/h3-6,10H,7-9H2,1-2H3,(H3,15,16,17);1H. The molecule has 0 amide bonds. The molecule has 5 nitrogen and oxygen atoms in total. The number of aliphatic imine (C=N–C) groups is 1. The largest absolute Gasteiger partial charge is 0.489 e. The van der Waals surface area contributed by atoms with Gasteiger partial charge in [0, 0.05) is 13.7 Å². The van der Waals surface area contributed by atoms with Gasteiger partial charge in [0.2, 0.25) is 0 Å². The summed E-state index contributed by atoms with van der Waals surface area (Å²) >= 11 is 0. The molecule has 7 heteroatoms. The zero-order valence-corrected chi connectivity index (χ0v) is 14.0. The number of nitrogens with zero attached hydrogens (tertiary/aromatic N) is 1. The van der Waals surface area contributed by atoms with Crippen LogP contribution in [0, 0.1) is 5.82 Å². The maximum absolute atomic E-state index is 12.7. The first-order valence-electron chi connectivity index (χ1n) is 6.06. The van der Waals surface area contributed by atoms with E-state index in [-0.39, 0.29) is 35.9 Å². The minimum Gasteiger partial charge on any atom is -0.489 e. The summed E-state index contributed by atoms with van der Waals surface area (Å²) < 4.78 is 23.2. The number of nitrogens with two attached hydrogens (primary N) is 1. The molecule has 0 aromatic heterocycles. The number of guanidine groups is 1. The van der Waals surface area contributed by atoms with Crippen LogP contribution in [0.3, 0.4) is 0 Å². The maximum atomic E-state index is 12.7. The Hall–Kier alpha value is -1.09. The molecule has 1 aromatic rings. The molecule has 0 aliphatic heterocycles. The average molecular weight is 397 g/mol. The molecule has 0 spiro atoms. The summed E-state index contributed by atoms with van der Waals surface area (Å²) in [6.07, 6.45) is -0.145. The summed E-state index contributed by atoms with van der Waals surface area (Å²) in [7, 11) is 1.62. The molecule has 0 fully saturated rings. The van der Waals surface area contributed by atoms with Crippen LogP contribution in [0.2, 0.25) is 0 Å². The Balaban J connectivity index is 0.00000361. The van der Waals surface area contributed by atoms with Gasteiger partial charge in [0.25, 0.3) is 0 Å². The van der Waals surface area contributed by atoms with Crippen LogP contribution >= 0.6 is 24.0 Å². The first kappa shape index (κ1) is 18.9. The number of rotatable bonds is 7. The fourth-order valence-corrected chi connectivity index (χ4v) is 1.35. The van der Waals surface area contributed by atoms with Gasteiger partial charge in [0.05, 0.1) is 13.2 Å². The second-order valence-electron chi connectivity index (χ2n) is 4.03. The quantitative estimate of drug-likeness (QED) is 0.319. The van der Waals surface area contributed by atoms with Gasteiger partial charge in [-0.1, -0.05) is 0 Å². The monoisotopic (exact) mass is 397 g/mol. The predicted molar refractivity (Wildman–Crippen MR) is 88.3 cm³/mol. The molecule has 0 heterocycles. The Kier molecular flexibility index (Phi) is 10.1. The van der Waals surface area contributed by atoms with Gasteiger partial charge < -0.3 is 20.5 Å². The molecular weight excluding hydrogens is 376 g/mol. The summed E-state index contributed by atoms with van der Waals surface area (Å²) in [4.78, 5) is 4.14. The Morgan fingerprint density at radius 1 is 1.40 bits per heavy atom. The van der Waals surface area contributed by atoms with Crippen LogP contribution in [0.1, 0.15) is 6.92 Å². The number of methoxy groups -OCH3 is 1. The molecule has 3 N–H and O–H groups in total. The van der Waals surface area contributed by atoms with E-state index in [9.17, 15) is 4.39 Å². The van der Waals surface area contributed by atoms with Crippen LogP contribution in [0.5, 0.6) is 5.75 Å². The third-order valence-corrected chi connectivity index (χ3v) is 2.28. The SMILES string of the molecule is COCCNC(N)=NCC(C)Oc1ccc(F)cc1.I. The van der Waals surface area contributed by atoms with E-state index in [0.717, 1.165) is 0 Å². The number of ether oxygens (including phenoxy) is 2. The highest BCUT2D eigenvalue weighted by atomic mass is 127. The average Bonchev–Trinajstić information content (AvgIpc) is 2.39. The van der Waals surface area contributed by atoms with Gasteiger partial charge in [-0.3, -0.25) is 0 Å². The molecular formula is C13H21FIN3O2. The summed E-state index contributed by atoms with van der Waals surface area (Å²) in [5, 5.41) is 2.91. The normalized spacial score (nSPS) is 12.4. The van der Waals surface area contributed by atoms with Crippen molar-refractivity contribution in [1.29, 1.82) is 0 Å². The van der Waals surface area contributed by atoms with Crippen molar-refractivity contribution in [3.8, 4) is 5.75 Å². The molecule has 1 unspecified atom stereocenters. The van der Waals surface area contributed by atoms with Crippen LogP contribution in [0.25, 0.3) is 0 Å². The van der Waals surface area contributed by atoms with E-state index in [2.05, 4.69) is 10.3 Å². The highest BCUT2D eigenvalue weighted by Gasteiger charge is 2.03. The van der Waals surface area contributed by atoms with E-state index in [1.54, 1.807) is 19.2 Å². The molecule has 114 valence electrons. The predicted octanol–water partition coefficient (Wildman–Crippen LogP) is 1.76. The fraction of sp³-hybridized carbons (Fsp3) is 0.462. The molecule has 0 aliphatic carbocycles. The Morgan fingerprint density at radius 3 is 2.65 bits per heavy atom. The lowest BCUT2D eigenvalue weighted by Crippen LogP contribution is -2.35. The summed E-state index contributed by atoms with van der Waals surface area (Å²) in [5.74, 6) is 0.672. The van der Waals surface area contributed by atoms with Gasteiger partial charge in [-0.25, -0.2) is 9.38 Å². The summed E-state index contributed by atoms with van der Waals surface area (Å²) in [5.41, 5.74) is 5.65. The zero-order chi connectivity index (χ0) is 14.1. The second-order valence-corrected chi connectivity index (χ2v) is 4.03. The van der Waals surface area contributed by atoms with E-state index in [4.69, 9.17) is 15.2 Å². The third-order valence-electron chi connectivity index (χ3n) is 2.28. The van der Waals surface area contributed by atoms with Gasteiger partial charge in [-0.2, -0.15) is 0 Å². The van der Waals surface area contributed by atoms with E-state index >= 15 is 0 Å². The van der Waals surface area contributed by atoms with E-state index < -0.39 is 0 Å². The van der Waals surface area contributed by atoms with Crippen molar-refractivity contribution < 1.29 is 13.9 Å². The second kappa shape index (κ2) is 10.7. The highest BCUT2D eigenvalue weighted by Crippen LogP contribution is 2.12. The smallest absolute Gasteiger partial charge is 0.188 e. The molecule has 0 radical (unpaired) electrons. The van der Waals surface area contributed by atoms with Crippen LogP contribution in [0.15, 0.2) is 29.3 Å². The molecule has 0 aliphatic rings. The van der Waals surface area contributed by atoms with Crippen LogP contribution < -0.4 is 15.8 Å². The number of nitrogens with one attached hydrogen (secondary N) is 1. The van der Waals surface area contributed by atoms with Gasteiger partial charge in [0.15, 0.2) is 5.96 Å². The highest BCUT2D eigenvalue weighted by molar-refractivity contribution is 14.0. The molecule has 0 saturated carbocycles. The first-order valence-corrected chi connectivity index (χ1v) is 6.06.